The molecule has 2 aromatic heterocycles. The molecule has 0 aliphatic rings. The number of aromatic amines is 1. The molecule has 0 bridgehead atoms. The van der Waals surface area contributed by atoms with E-state index in [1.54, 1.807) is 47.2 Å². The zero-order chi connectivity index (χ0) is 25.1. The lowest BCUT2D eigenvalue weighted by Gasteiger charge is -2.14. The number of carbonyl (C=O) groups is 1. The van der Waals surface area contributed by atoms with Crippen molar-refractivity contribution in [1.29, 1.82) is 0 Å². The van der Waals surface area contributed by atoms with Crippen molar-refractivity contribution in [3.05, 3.63) is 134 Å². The quantitative estimate of drug-likeness (QED) is 0.277. The molecule has 188 valence electrons. The summed E-state index contributed by atoms with van der Waals surface area (Å²) in [5.41, 5.74) is 4.14. The minimum Gasteiger partial charge on any atom is -0.384 e. The molecule has 0 aliphatic heterocycles. The number of benzene rings is 3. The number of aromatic nitrogens is 3. The van der Waals surface area contributed by atoms with Crippen LogP contribution < -0.4 is 10.9 Å². The number of pyridine rings is 1. The second-order valence-electron chi connectivity index (χ2n) is 8.48. The van der Waals surface area contributed by atoms with Crippen molar-refractivity contribution in [3.63, 3.8) is 0 Å². The van der Waals surface area contributed by atoms with Crippen LogP contribution in [0.3, 0.4) is 0 Å². The Balaban J connectivity index is 0.00000320. The van der Waals surface area contributed by atoms with E-state index in [1.165, 1.54) is 6.07 Å². The van der Waals surface area contributed by atoms with Gasteiger partial charge in [-0.2, -0.15) is 5.10 Å². The Morgan fingerprint density at radius 3 is 2.59 bits per heavy atom. The van der Waals surface area contributed by atoms with Crippen LogP contribution in [-0.2, 0) is 13.1 Å². The molecule has 0 saturated carbocycles. The Hall–Kier alpha value is -3.91. The zero-order valence-corrected chi connectivity index (χ0v) is 21.2. The number of carbonyl (C=O) groups excluding carboxylic acids is 1. The fraction of sp³-hybridized carbons (Fsp3) is 0.107. The van der Waals surface area contributed by atoms with E-state index < -0.39 is 6.10 Å². The summed E-state index contributed by atoms with van der Waals surface area (Å²) >= 11 is 6.09. The van der Waals surface area contributed by atoms with Crippen LogP contribution in [0.4, 0.5) is 0 Å². The second kappa shape index (κ2) is 11.4. The average Bonchev–Trinajstić information content (AvgIpc) is 3.30. The summed E-state index contributed by atoms with van der Waals surface area (Å²) in [7, 11) is 0. The van der Waals surface area contributed by atoms with Crippen molar-refractivity contribution in [3.8, 4) is 0 Å². The molecule has 0 saturated heterocycles. The van der Waals surface area contributed by atoms with Crippen molar-refractivity contribution in [2.45, 2.75) is 19.2 Å². The number of halogens is 2. The molecule has 5 aromatic rings. The molecule has 9 heteroatoms. The van der Waals surface area contributed by atoms with Crippen LogP contribution in [0, 0.1) is 0 Å². The van der Waals surface area contributed by atoms with Gasteiger partial charge in [0.25, 0.3) is 11.5 Å². The molecule has 7 nitrogen and oxygen atoms in total. The van der Waals surface area contributed by atoms with Crippen molar-refractivity contribution >= 4 is 40.8 Å². The minimum atomic E-state index is -0.899. The van der Waals surface area contributed by atoms with Gasteiger partial charge in [-0.25, -0.2) is 0 Å². The lowest BCUT2D eigenvalue weighted by Crippen LogP contribution is -2.23. The number of aliphatic hydroxyl groups is 1. The van der Waals surface area contributed by atoms with Gasteiger partial charge in [-0.1, -0.05) is 54.1 Å². The van der Waals surface area contributed by atoms with Gasteiger partial charge in [-0.05, 0) is 53.1 Å². The highest BCUT2D eigenvalue weighted by atomic mass is 35.5. The predicted octanol–water partition coefficient (Wildman–Crippen LogP) is 4.86. The Kier molecular flexibility index (Phi) is 8.08. The van der Waals surface area contributed by atoms with Crippen LogP contribution in [0.2, 0.25) is 5.02 Å². The zero-order valence-electron chi connectivity index (χ0n) is 19.6. The molecule has 3 N–H and O–H groups in total. The first-order valence-corrected chi connectivity index (χ1v) is 11.8. The highest BCUT2D eigenvalue weighted by Crippen LogP contribution is 2.24. The summed E-state index contributed by atoms with van der Waals surface area (Å²) < 4.78 is 1.62. The molecule has 1 unspecified atom stereocenters. The molecule has 1 atom stereocenters. The van der Waals surface area contributed by atoms with Gasteiger partial charge in [0.1, 0.15) is 6.10 Å². The summed E-state index contributed by atoms with van der Waals surface area (Å²) in [4.78, 5) is 24.8. The SMILES string of the molecule is Cl.O=C(NCc1n[nH]c2ccc(Cl)cc12)c1cccc(C(O)c2ccc(Cn3ccccc3=O)cc2)c1. The fourth-order valence-corrected chi connectivity index (χ4v) is 4.25. The van der Waals surface area contributed by atoms with E-state index in [1.807, 2.05) is 42.5 Å². The first kappa shape index (κ1) is 26.2. The van der Waals surface area contributed by atoms with Crippen LogP contribution in [0.15, 0.2) is 95.9 Å². The molecule has 37 heavy (non-hydrogen) atoms. The van der Waals surface area contributed by atoms with Crippen molar-refractivity contribution in [2.24, 2.45) is 0 Å². The smallest absolute Gasteiger partial charge is 0.251 e. The molecule has 0 radical (unpaired) electrons. The molecular weight excluding hydrogens is 511 g/mol. The summed E-state index contributed by atoms with van der Waals surface area (Å²) in [6.07, 6.45) is 0.842. The van der Waals surface area contributed by atoms with Crippen LogP contribution in [0.25, 0.3) is 10.9 Å². The highest BCUT2D eigenvalue weighted by molar-refractivity contribution is 6.31. The van der Waals surface area contributed by atoms with Gasteiger partial charge in [0, 0.05) is 28.2 Å². The van der Waals surface area contributed by atoms with E-state index in [0.717, 1.165) is 16.5 Å². The van der Waals surface area contributed by atoms with Gasteiger partial charge < -0.3 is 15.0 Å². The minimum absolute atomic E-state index is 0. The van der Waals surface area contributed by atoms with Gasteiger partial charge in [0.15, 0.2) is 0 Å². The first-order valence-electron chi connectivity index (χ1n) is 11.4. The average molecular weight is 535 g/mol. The standard InChI is InChI=1S/C28H23ClN4O3.ClH/c29-22-11-12-24-23(15-22)25(32-31-24)16-30-28(36)21-5-3-4-20(14-21)27(35)19-9-7-18(8-10-19)17-33-13-2-1-6-26(33)34;/h1-15,27,35H,16-17H2,(H,30,36)(H,31,32);1H. The lowest BCUT2D eigenvalue weighted by molar-refractivity contribution is 0.0950. The summed E-state index contributed by atoms with van der Waals surface area (Å²) in [5.74, 6) is -0.272. The molecule has 3 aromatic carbocycles. The molecule has 5 rings (SSSR count). The molecule has 2 heterocycles. The van der Waals surface area contributed by atoms with Gasteiger partial charge in [0.2, 0.25) is 0 Å². The predicted molar refractivity (Wildman–Crippen MR) is 146 cm³/mol. The number of nitrogens with zero attached hydrogens (tertiary/aromatic N) is 2. The van der Waals surface area contributed by atoms with Crippen molar-refractivity contribution in [1.82, 2.24) is 20.1 Å². The lowest BCUT2D eigenvalue weighted by atomic mass is 9.98. The monoisotopic (exact) mass is 534 g/mol. The van der Waals surface area contributed by atoms with E-state index in [2.05, 4.69) is 15.5 Å². The third-order valence-electron chi connectivity index (χ3n) is 6.03. The third-order valence-corrected chi connectivity index (χ3v) is 6.27. The van der Waals surface area contributed by atoms with E-state index in [4.69, 9.17) is 11.6 Å². The van der Waals surface area contributed by atoms with E-state index >= 15 is 0 Å². The van der Waals surface area contributed by atoms with Gasteiger partial charge in [-0.3, -0.25) is 14.7 Å². The number of fused-ring (bicyclic) bond motifs is 1. The molecule has 0 aliphatic carbocycles. The summed E-state index contributed by atoms with van der Waals surface area (Å²) in [5, 5.41) is 22.5. The number of rotatable bonds is 7. The van der Waals surface area contributed by atoms with Gasteiger partial charge >= 0.3 is 0 Å². The number of H-pyrrole nitrogens is 1. The number of aliphatic hydroxyl groups excluding tert-OH is 1. The third kappa shape index (κ3) is 5.91. The maximum atomic E-state index is 12.8. The topological polar surface area (TPSA) is 100 Å². The molecule has 0 spiro atoms. The van der Waals surface area contributed by atoms with Gasteiger partial charge in [0.05, 0.1) is 24.3 Å². The largest absolute Gasteiger partial charge is 0.384 e. The Labute approximate surface area is 224 Å². The Bertz CT molecular complexity index is 1600. The van der Waals surface area contributed by atoms with E-state index in [9.17, 15) is 14.7 Å². The maximum absolute atomic E-state index is 12.8. The number of amides is 1. The van der Waals surface area contributed by atoms with E-state index in [0.29, 0.717) is 34.0 Å². The summed E-state index contributed by atoms with van der Waals surface area (Å²) in [6.45, 7) is 0.682. The first-order chi connectivity index (χ1) is 17.5. The maximum Gasteiger partial charge on any atom is 0.251 e. The van der Waals surface area contributed by atoms with Crippen molar-refractivity contribution in [2.75, 3.05) is 0 Å². The molecule has 1 amide bonds. The molecule has 0 fully saturated rings. The van der Waals surface area contributed by atoms with Crippen LogP contribution in [-0.4, -0.2) is 25.8 Å². The van der Waals surface area contributed by atoms with Crippen LogP contribution >= 0.6 is 24.0 Å². The summed E-state index contributed by atoms with van der Waals surface area (Å²) in [6, 6.07) is 24.8. The number of hydrogen-bond acceptors (Lipinski definition) is 4. The van der Waals surface area contributed by atoms with Crippen LogP contribution in [0.5, 0.6) is 0 Å². The number of nitrogens with one attached hydrogen (secondary N) is 2. The number of hydrogen-bond donors (Lipinski definition) is 3. The fourth-order valence-electron chi connectivity index (χ4n) is 4.08. The second-order valence-corrected chi connectivity index (χ2v) is 8.92. The van der Waals surface area contributed by atoms with Crippen LogP contribution in [0.1, 0.15) is 38.8 Å². The highest BCUT2D eigenvalue weighted by Gasteiger charge is 2.14. The van der Waals surface area contributed by atoms with Crippen molar-refractivity contribution < 1.29 is 9.90 Å². The Morgan fingerprint density at radius 1 is 1.00 bits per heavy atom. The molecular formula is C28H24Cl2N4O3. The normalized spacial score (nSPS) is 11.6. The Morgan fingerprint density at radius 2 is 1.81 bits per heavy atom. The van der Waals surface area contributed by atoms with Gasteiger partial charge in [-0.15, -0.1) is 12.4 Å². The van der Waals surface area contributed by atoms with E-state index in [-0.39, 0.29) is 30.4 Å².